The molecule has 4 heteroatoms. The van der Waals surface area contributed by atoms with E-state index in [2.05, 4.69) is 0 Å². The second kappa shape index (κ2) is 4.53. The van der Waals surface area contributed by atoms with Gasteiger partial charge >= 0.3 is 0 Å². The molecule has 2 heterocycles. The largest absolute Gasteiger partial charge is 0.366 e. The van der Waals surface area contributed by atoms with Gasteiger partial charge in [-0.2, -0.15) is 0 Å². The van der Waals surface area contributed by atoms with Crippen molar-refractivity contribution in [2.45, 2.75) is 12.8 Å². The van der Waals surface area contributed by atoms with Crippen LogP contribution in [0.25, 0.3) is 5.57 Å². The predicted octanol–water partition coefficient (Wildman–Crippen LogP) is 1.49. The summed E-state index contributed by atoms with van der Waals surface area (Å²) in [5, 5.41) is 0. The number of carbonyl (C=O) groups excluding carboxylic acids is 2. The van der Waals surface area contributed by atoms with E-state index in [9.17, 15) is 9.59 Å². The van der Waals surface area contributed by atoms with Crippen molar-refractivity contribution in [1.29, 1.82) is 0 Å². The molecule has 3 rings (SSSR count). The van der Waals surface area contributed by atoms with Crippen molar-refractivity contribution < 1.29 is 9.59 Å². The molecular weight excluding hydrogens is 240 g/mol. The standard InChI is InChI=1S/C15H16N2O2/c1-16-14(18)12(11-7-3-2-4-8-11)13(15(16)19)17-9-5-6-10-17/h2-4,7-8H,5-6,9-10H2,1H3. The van der Waals surface area contributed by atoms with Gasteiger partial charge < -0.3 is 4.90 Å². The first-order chi connectivity index (χ1) is 9.20. The topological polar surface area (TPSA) is 40.6 Å². The summed E-state index contributed by atoms with van der Waals surface area (Å²) in [5.74, 6) is -0.371. The molecule has 2 aliphatic heterocycles. The fourth-order valence-corrected chi connectivity index (χ4v) is 2.73. The molecule has 1 fully saturated rings. The maximum absolute atomic E-state index is 12.3. The van der Waals surface area contributed by atoms with Gasteiger partial charge in [0.15, 0.2) is 0 Å². The predicted molar refractivity (Wildman–Crippen MR) is 71.9 cm³/mol. The molecule has 4 nitrogen and oxygen atoms in total. The Balaban J connectivity index is 2.13. The third-order valence-electron chi connectivity index (χ3n) is 3.75. The van der Waals surface area contributed by atoms with Crippen LogP contribution in [0.3, 0.4) is 0 Å². The molecule has 0 spiro atoms. The molecule has 2 amide bonds. The van der Waals surface area contributed by atoms with Crippen LogP contribution in [-0.2, 0) is 9.59 Å². The summed E-state index contributed by atoms with van der Waals surface area (Å²) in [6.07, 6.45) is 2.16. The molecule has 1 aromatic rings. The molecule has 0 aliphatic carbocycles. The minimum Gasteiger partial charge on any atom is -0.366 e. The number of carbonyl (C=O) groups is 2. The molecule has 0 N–H and O–H groups in total. The zero-order valence-electron chi connectivity index (χ0n) is 10.9. The minimum absolute atomic E-state index is 0.175. The fourth-order valence-electron chi connectivity index (χ4n) is 2.73. The average molecular weight is 256 g/mol. The number of nitrogens with zero attached hydrogens (tertiary/aromatic N) is 2. The summed E-state index contributed by atoms with van der Waals surface area (Å²) >= 11 is 0. The molecule has 2 aliphatic rings. The Hall–Kier alpha value is -2.10. The van der Waals surface area contributed by atoms with E-state index >= 15 is 0 Å². The van der Waals surface area contributed by atoms with Crippen LogP contribution in [0, 0.1) is 0 Å². The Morgan fingerprint density at radius 3 is 2.21 bits per heavy atom. The van der Waals surface area contributed by atoms with Crippen LogP contribution in [0.15, 0.2) is 36.0 Å². The van der Waals surface area contributed by atoms with E-state index in [-0.39, 0.29) is 11.8 Å². The smallest absolute Gasteiger partial charge is 0.277 e. The summed E-state index contributed by atoms with van der Waals surface area (Å²) in [5.41, 5.74) is 1.96. The van der Waals surface area contributed by atoms with E-state index in [0.29, 0.717) is 11.3 Å². The number of imide groups is 1. The van der Waals surface area contributed by atoms with Crippen LogP contribution < -0.4 is 0 Å². The maximum atomic E-state index is 12.3. The SMILES string of the molecule is CN1C(=O)C(c2ccccc2)=C(N2CCCC2)C1=O. The van der Waals surface area contributed by atoms with Gasteiger partial charge in [0.25, 0.3) is 11.8 Å². The summed E-state index contributed by atoms with van der Waals surface area (Å²) in [6.45, 7) is 1.72. The van der Waals surface area contributed by atoms with Gasteiger partial charge in [-0.15, -0.1) is 0 Å². The maximum Gasteiger partial charge on any atom is 0.277 e. The molecule has 0 unspecified atom stereocenters. The zero-order valence-corrected chi connectivity index (χ0v) is 10.9. The average Bonchev–Trinajstić information content (AvgIpc) is 3.03. The van der Waals surface area contributed by atoms with E-state index in [1.54, 1.807) is 7.05 Å². The second-order valence-electron chi connectivity index (χ2n) is 4.95. The Morgan fingerprint density at radius 1 is 0.947 bits per heavy atom. The van der Waals surface area contributed by atoms with Crippen LogP contribution in [0.4, 0.5) is 0 Å². The summed E-state index contributed by atoms with van der Waals surface area (Å²) in [7, 11) is 1.55. The molecule has 1 saturated heterocycles. The second-order valence-corrected chi connectivity index (χ2v) is 4.95. The zero-order chi connectivity index (χ0) is 13.4. The fraction of sp³-hybridized carbons (Fsp3) is 0.333. The molecule has 1 aromatic carbocycles. The molecule has 0 atom stereocenters. The van der Waals surface area contributed by atoms with E-state index in [4.69, 9.17) is 0 Å². The Kier molecular flexibility index (Phi) is 2.85. The lowest BCUT2D eigenvalue weighted by Crippen LogP contribution is -2.31. The van der Waals surface area contributed by atoms with E-state index in [0.717, 1.165) is 31.5 Å². The number of amides is 2. The molecule has 0 radical (unpaired) electrons. The van der Waals surface area contributed by atoms with Gasteiger partial charge in [0.2, 0.25) is 0 Å². The highest BCUT2D eigenvalue weighted by atomic mass is 16.2. The first-order valence-electron chi connectivity index (χ1n) is 6.57. The lowest BCUT2D eigenvalue weighted by molar-refractivity contribution is -0.135. The Morgan fingerprint density at radius 2 is 1.58 bits per heavy atom. The highest BCUT2D eigenvalue weighted by Gasteiger charge is 2.39. The number of benzene rings is 1. The van der Waals surface area contributed by atoms with Crippen molar-refractivity contribution in [1.82, 2.24) is 9.80 Å². The monoisotopic (exact) mass is 256 g/mol. The van der Waals surface area contributed by atoms with Crippen molar-refractivity contribution in [3.63, 3.8) is 0 Å². The summed E-state index contributed by atoms with van der Waals surface area (Å²) in [4.78, 5) is 27.9. The Labute approximate surface area is 112 Å². The van der Waals surface area contributed by atoms with Gasteiger partial charge in [0.05, 0.1) is 5.57 Å². The first-order valence-corrected chi connectivity index (χ1v) is 6.57. The highest BCUT2D eigenvalue weighted by molar-refractivity contribution is 6.35. The van der Waals surface area contributed by atoms with Gasteiger partial charge in [-0.25, -0.2) is 0 Å². The summed E-state index contributed by atoms with van der Waals surface area (Å²) in [6, 6.07) is 9.45. The molecule has 0 saturated carbocycles. The third-order valence-corrected chi connectivity index (χ3v) is 3.75. The first kappa shape index (κ1) is 12.0. The van der Waals surface area contributed by atoms with Crippen LogP contribution in [-0.4, -0.2) is 41.8 Å². The molecule has 0 bridgehead atoms. The lowest BCUT2D eigenvalue weighted by Gasteiger charge is -2.18. The molecule has 0 aromatic heterocycles. The van der Waals surface area contributed by atoms with Gasteiger partial charge in [-0.1, -0.05) is 30.3 Å². The number of likely N-dealkylation sites (N-methyl/N-ethyl adjacent to an activating group) is 1. The molecule has 98 valence electrons. The third kappa shape index (κ3) is 1.84. The highest BCUT2D eigenvalue weighted by Crippen LogP contribution is 2.32. The van der Waals surface area contributed by atoms with Gasteiger partial charge in [0, 0.05) is 20.1 Å². The van der Waals surface area contributed by atoms with E-state index in [1.165, 1.54) is 4.90 Å². The minimum atomic E-state index is -0.196. The molecule has 19 heavy (non-hydrogen) atoms. The van der Waals surface area contributed by atoms with Crippen molar-refractivity contribution >= 4 is 17.4 Å². The van der Waals surface area contributed by atoms with Crippen LogP contribution in [0.2, 0.25) is 0 Å². The normalized spacial score (nSPS) is 19.8. The van der Waals surface area contributed by atoms with Gasteiger partial charge in [0.1, 0.15) is 5.70 Å². The van der Waals surface area contributed by atoms with Crippen LogP contribution >= 0.6 is 0 Å². The number of hydrogen-bond donors (Lipinski definition) is 0. The summed E-state index contributed by atoms with van der Waals surface area (Å²) < 4.78 is 0. The van der Waals surface area contributed by atoms with Gasteiger partial charge in [-0.05, 0) is 18.4 Å². The number of hydrogen-bond acceptors (Lipinski definition) is 3. The van der Waals surface area contributed by atoms with Crippen molar-refractivity contribution in [3.05, 3.63) is 41.6 Å². The quantitative estimate of drug-likeness (QED) is 0.753. The number of likely N-dealkylation sites (tertiary alicyclic amines) is 1. The van der Waals surface area contributed by atoms with Crippen molar-refractivity contribution in [2.24, 2.45) is 0 Å². The van der Waals surface area contributed by atoms with Crippen LogP contribution in [0.5, 0.6) is 0 Å². The van der Waals surface area contributed by atoms with E-state index in [1.807, 2.05) is 35.2 Å². The van der Waals surface area contributed by atoms with Crippen molar-refractivity contribution in [2.75, 3.05) is 20.1 Å². The van der Waals surface area contributed by atoms with Gasteiger partial charge in [-0.3, -0.25) is 14.5 Å². The van der Waals surface area contributed by atoms with E-state index < -0.39 is 0 Å². The molecular formula is C15H16N2O2. The lowest BCUT2D eigenvalue weighted by atomic mass is 10.0. The van der Waals surface area contributed by atoms with Crippen LogP contribution in [0.1, 0.15) is 18.4 Å². The Bertz CT molecular complexity index is 557. The number of rotatable bonds is 2. The van der Waals surface area contributed by atoms with Crippen molar-refractivity contribution in [3.8, 4) is 0 Å².